The van der Waals surface area contributed by atoms with E-state index < -0.39 is 29.2 Å². The minimum atomic E-state index is -0.975. The van der Waals surface area contributed by atoms with Gasteiger partial charge >= 0.3 is 6.09 Å². The molecule has 0 aliphatic heterocycles. The van der Waals surface area contributed by atoms with Crippen molar-refractivity contribution in [3.05, 3.63) is 0 Å². The fourth-order valence-electron chi connectivity index (χ4n) is 1.75. The van der Waals surface area contributed by atoms with Gasteiger partial charge in [-0.2, -0.15) is 0 Å². The summed E-state index contributed by atoms with van der Waals surface area (Å²) in [6.45, 7) is 10.2. The van der Waals surface area contributed by atoms with E-state index in [1.165, 1.54) is 4.90 Å². The number of carbonyl (C=O) groups excluding carboxylic acids is 2. The number of amides is 2. The van der Waals surface area contributed by atoms with Gasteiger partial charge in [-0.3, -0.25) is 4.79 Å². The maximum atomic E-state index is 12.6. The average molecular weight is 348 g/mol. The molecule has 1 atom stereocenters. The number of nitrogens with zero attached hydrogens (tertiary/aromatic N) is 1. The second kappa shape index (κ2) is 9.80. The lowest BCUT2D eigenvalue weighted by Crippen LogP contribution is -2.53. The lowest BCUT2D eigenvalue weighted by Gasteiger charge is -2.30. The monoisotopic (exact) mass is 348 g/mol. The normalized spacial score (nSPS) is 13.3. The second-order valence-electron chi connectivity index (χ2n) is 7.39. The van der Waals surface area contributed by atoms with Gasteiger partial charge in [0.25, 0.3) is 0 Å². The highest BCUT2D eigenvalue weighted by molar-refractivity contribution is 5.86. The Balaban J connectivity index is 5.08. The molecule has 8 nitrogen and oxygen atoms in total. The van der Waals surface area contributed by atoms with Crippen LogP contribution in [0, 0.1) is 0 Å². The van der Waals surface area contributed by atoms with Gasteiger partial charge < -0.3 is 29.9 Å². The fraction of sp³-hybridized carbons (Fsp3) is 0.875. The molecule has 3 N–H and O–H groups in total. The van der Waals surface area contributed by atoms with Crippen LogP contribution in [0.15, 0.2) is 0 Å². The van der Waals surface area contributed by atoms with Crippen LogP contribution in [0.2, 0.25) is 0 Å². The highest BCUT2D eigenvalue weighted by Gasteiger charge is 2.29. The van der Waals surface area contributed by atoms with Crippen molar-refractivity contribution in [3.8, 4) is 0 Å². The highest BCUT2D eigenvalue weighted by atomic mass is 16.6. The predicted octanol–water partition coefficient (Wildman–Crippen LogP) is 0.508. The smallest absolute Gasteiger partial charge is 0.408 e. The topological polar surface area (TPSA) is 108 Å². The zero-order valence-corrected chi connectivity index (χ0v) is 15.6. The van der Waals surface area contributed by atoms with Gasteiger partial charge in [0, 0.05) is 13.1 Å². The van der Waals surface area contributed by atoms with Gasteiger partial charge in [-0.05, 0) is 41.5 Å². The van der Waals surface area contributed by atoms with Crippen LogP contribution in [-0.2, 0) is 14.3 Å². The molecular weight excluding hydrogens is 316 g/mol. The van der Waals surface area contributed by atoms with Crippen molar-refractivity contribution < 1.29 is 29.3 Å². The molecule has 0 aromatic heterocycles. The maximum absolute atomic E-state index is 12.6. The van der Waals surface area contributed by atoms with Crippen molar-refractivity contribution in [2.75, 3.05) is 32.9 Å². The van der Waals surface area contributed by atoms with E-state index in [0.29, 0.717) is 0 Å². The number of ether oxygens (including phenoxy) is 2. The average Bonchev–Trinajstić information content (AvgIpc) is 2.39. The summed E-state index contributed by atoms with van der Waals surface area (Å²) >= 11 is 0. The Morgan fingerprint density at radius 1 is 1.00 bits per heavy atom. The van der Waals surface area contributed by atoms with Gasteiger partial charge in [-0.25, -0.2) is 4.79 Å². The fourth-order valence-corrected chi connectivity index (χ4v) is 1.75. The Kier molecular flexibility index (Phi) is 9.24. The summed E-state index contributed by atoms with van der Waals surface area (Å²) in [4.78, 5) is 25.8. The quantitative estimate of drug-likeness (QED) is 0.590. The molecule has 0 saturated heterocycles. The number of rotatable bonds is 8. The molecular formula is C16H32N2O6. The van der Waals surface area contributed by atoms with Gasteiger partial charge in [0.05, 0.1) is 25.4 Å². The Bertz CT molecular complexity index is 394. The maximum Gasteiger partial charge on any atom is 0.408 e. The lowest BCUT2D eigenvalue weighted by molar-refractivity contribution is -0.137. The first kappa shape index (κ1) is 22.6. The lowest BCUT2D eigenvalue weighted by atomic mass is 10.2. The molecule has 0 bridgehead atoms. The van der Waals surface area contributed by atoms with Crippen molar-refractivity contribution in [2.24, 2.45) is 0 Å². The van der Waals surface area contributed by atoms with Crippen molar-refractivity contribution in [2.45, 2.75) is 58.8 Å². The van der Waals surface area contributed by atoms with E-state index in [1.807, 2.05) is 20.8 Å². The molecule has 0 spiro atoms. The summed E-state index contributed by atoms with van der Waals surface area (Å²) in [7, 11) is 0. The van der Waals surface area contributed by atoms with E-state index in [0.717, 1.165) is 0 Å². The number of alkyl carbamates (subject to hydrolysis) is 1. The Hall–Kier alpha value is -1.38. The van der Waals surface area contributed by atoms with E-state index in [9.17, 15) is 9.59 Å². The first-order valence-corrected chi connectivity index (χ1v) is 8.03. The third-order valence-electron chi connectivity index (χ3n) is 2.72. The minimum absolute atomic E-state index is 0.0467. The van der Waals surface area contributed by atoms with Crippen LogP contribution in [0.1, 0.15) is 41.5 Å². The predicted molar refractivity (Wildman–Crippen MR) is 89.6 cm³/mol. The molecule has 24 heavy (non-hydrogen) atoms. The van der Waals surface area contributed by atoms with Gasteiger partial charge in [-0.15, -0.1) is 0 Å². The molecule has 0 radical (unpaired) electrons. The molecule has 0 aliphatic rings. The highest BCUT2D eigenvalue weighted by Crippen LogP contribution is 2.10. The standard InChI is InChI=1S/C16H32N2O6/c1-15(2,3)23-11-12(17-14(22)24-16(4,5)6)13(21)18(7-9-19)8-10-20/h12,19-20H,7-11H2,1-6H3,(H,17,22). The summed E-state index contributed by atoms with van der Waals surface area (Å²) < 4.78 is 10.8. The Morgan fingerprint density at radius 3 is 1.88 bits per heavy atom. The number of carbonyl (C=O) groups is 2. The van der Waals surface area contributed by atoms with Crippen molar-refractivity contribution in [3.63, 3.8) is 0 Å². The number of aliphatic hydroxyl groups is 2. The second-order valence-corrected chi connectivity index (χ2v) is 7.39. The summed E-state index contributed by atoms with van der Waals surface area (Å²) in [6.07, 6.45) is -0.730. The van der Waals surface area contributed by atoms with Crippen LogP contribution >= 0.6 is 0 Å². The van der Waals surface area contributed by atoms with Crippen LogP contribution in [-0.4, -0.2) is 77.3 Å². The summed E-state index contributed by atoms with van der Waals surface area (Å²) in [5.74, 6) is -0.451. The molecule has 0 heterocycles. The number of hydrogen-bond donors (Lipinski definition) is 3. The van der Waals surface area contributed by atoms with Crippen LogP contribution in [0.25, 0.3) is 0 Å². The van der Waals surface area contributed by atoms with E-state index in [-0.39, 0.29) is 32.9 Å². The minimum Gasteiger partial charge on any atom is -0.444 e. The molecule has 0 saturated carbocycles. The van der Waals surface area contributed by atoms with Crippen molar-refractivity contribution >= 4 is 12.0 Å². The first-order chi connectivity index (χ1) is 10.9. The van der Waals surface area contributed by atoms with Crippen LogP contribution in [0.4, 0.5) is 4.79 Å². The first-order valence-electron chi connectivity index (χ1n) is 8.03. The van der Waals surface area contributed by atoms with Gasteiger partial charge in [0.2, 0.25) is 5.91 Å². The van der Waals surface area contributed by atoms with E-state index in [1.54, 1.807) is 20.8 Å². The third kappa shape index (κ3) is 10.4. The Morgan fingerprint density at radius 2 is 1.50 bits per heavy atom. The van der Waals surface area contributed by atoms with Crippen LogP contribution in [0.5, 0.6) is 0 Å². The molecule has 1 unspecified atom stereocenters. The zero-order chi connectivity index (χ0) is 19.0. The molecule has 0 aromatic carbocycles. The van der Waals surface area contributed by atoms with Crippen LogP contribution < -0.4 is 5.32 Å². The number of nitrogens with one attached hydrogen (secondary N) is 1. The molecule has 142 valence electrons. The Labute approximate surface area is 144 Å². The molecule has 0 fully saturated rings. The molecule has 2 amide bonds. The SMILES string of the molecule is CC(C)(C)OCC(NC(=O)OC(C)(C)C)C(=O)N(CCO)CCO. The van der Waals surface area contributed by atoms with Gasteiger partial charge in [0.15, 0.2) is 0 Å². The van der Waals surface area contributed by atoms with Gasteiger partial charge in [0.1, 0.15) is 11.6 Å². The third-order valence-corrected chi connectivity index (χ3v) is 2.72. The zero-order valence-electron chi connectivity index (χ0n) is 15.6. The molecule has 0 aromatic rings. The summed E-state index contributed by atoms with van der Waals surface area (Å²) in [5.41, 5.74) is -1.19. The summed E-state index contributed by atoms with van der Waals surface area (Å²) in [5, 5.41) is 20.6. The molecule has 0 rings (SSSR count). The van der Waals surface area contributed by atoms with E-state index >= 15 is 0 Å². The largest absolute Gasteiger partial charge is 0.444 e. The number of aliphatic hydroxyl groups excluding tert-OH is 2. The summed E-state index contributed by atoms with van der Waals surface area (Å²) in [6, 6.07) is -0.975. The van der Waals surface area contributed by atoms with Crippen molar-refractivity contribution in [1.29, 1.82) is 0 Å². The molecule has 8 heteroatoms. The van der Waals surface area contributed by atoms with Crippen LogP contribution in [0.3, 0.4) is 0 Å². The number of hydrogen-bond acceptors (Lipinski definition) is 6. The van der Waals surface area contributed by atoms with E-state index in [4.69, 9.17) is 19.7 Å². The van der Waals surface area contributed by atoms with Gasteiger partial charge in [-0.1, -0.05) is 0 Å². The molecule has 0 aliphatic carbocycles. The van der Waals surface area contributed by atoms with Crippen molar-refractivity contribution in [1.82, 2.24) is 10.2 Å². The van der Waals surface area contributed by atoms with E-state index in [2.05, 4.69) is 5.32 Å².